The predicted octanol–water partition coefficient (Wildman–Crippen LogP) is 1.73. The fourth-order valence-corrected chi connectivity index (χ4v) is 1.14. The van der Waals surface area contributed by atoms with Gasteiger partial charge in [-0.1, -0.05) is 0 Å². The van der Waals surface area contributed by atoms with E-state index in [0.29, 0.717) is 5.69 Å². The molecule has 0 unspecified atom stereocenters. The van der Waals surface area contributed by atoms with Gasteiger partial charge in [0.15, 0.2) is 0 Å². The summed E-state index contributed by atoms with van der Waals surface area (Å²) in [5.74, 6) is -1.32. The molecule has 0 heterocycles. The van der Waals surface area contributed by atoms with Gasteiger partial charge in [-0.15, -0.1) is 13.2 Å². The number of carbonyl (C=O) groups excluding carboxylic acids is 1. The van der Waals surface area contributed by atoms with Crippen molar-refractivity contribution in [1.29, 1.82) is 0 Å². The highest BCUT2D eigenvalue weighted by atomic mass is 19.4. The maximum atomic E-state index is 11.9. The van der Waals surface area contributed by atoms with E-state index < -0.39 is 18.0 Å². The van der Waals surface area contributed by atoms with Gasteiger partial charge in [-0.05, 0) is 18.2 Å². The maximum absolute atomic E-state index is 11.9. The van der Waals surface area contributed by atoms with Crippen LogP contribution < -0.4 is 15.8 Å². The first kappa shape index (κ1) is 12.2. The number of amides is 1. The molecule has 0 spiro atoms. The summed E-state index contributed by atoms with van der Waals surface area (Å²) in [7, 11) is 1.52. The van der Waals surface area contributed by atoms with Crippen molar-refractivity contribution in [3.63, 3.8) is 0 Å². The quantitative estimate of drug-likeness (QED) is 0.837. The number of benzene rings is 1. The highest BCUT2D eigenvalue weighted by Gasteiger charge is 2.31. The predicted molar refractivity (Wildman–Crippen MR) is 51.2 cm³/mol. The van der Waals surface area contributed by atoms with E-state index in [9.17, 15) is 18.0 Å². The van der Waals surface area contributed by atoms with Gasteiger partial charge in [0, 0.05) is 12.7 Å². The molecule has 0 atom stereocenters. The Labute approximate surface area is 89.2 Å². The summed E-state index contributed by atoms with van der Waals surface area (Å²) < 4.78 is 39.4. The van der Waals surface area contributed by atoms with Crippen molar-refractivity contribution in [2.75, 3.05) is 12.4 Å². The first-order chi connectivity index (χ1) is 7.33. The monoisotopic (exact) mass is 234 g/mol. The number of rotatable bonds is 3. The lowest BCUT2D eigenvalue weighted by molar-refractivity contribution is -0.274. The van der Waals surface area contributed by atoms with Crippen LogP contribution in [0.15, 0.2) is 18.2 Å². The number of carbonyl (C=O) groups is 1. The summed E-state index contributed by atoms with van der Waals surface area (Å²) in [6.45, 7) is 0. The summed E-state index contributed by atoms with van der Waals surface area (Å²) in [5, 5.41) is 2.63. The third kappa shape index (κ3) is 3.04. The summed E-state index contributed by atoms with van der Waals surface area (Å²) in [6, 6.07) is 3.30. The van der Waals surface area contributed by atoms with Crippen LogP contribution in [0.1, 0.15) is 10.4 Å². The molecule has 1 rings (SSSR count). The highest BCUT2D eigenvalue weighted by molar-refractivity contribution is 5.98. The number of ether oxygens (including phenoxy) is 1. The molecule has 1 aromatic carbocycles. The zero-order chi connectivity index (χ0) is 12.3. The Kier molecular flexibility index (Phi) is 3.26. The molecule has 0 radical (unpaired) electrons. The average molecular weight is 234 g/mol. The lowest BCUT2D eigenvalue weighted by atomic mass is 10.1. The van der Waals surface area contributed by atoms with Crippen LogP contribution in [0.25, 0.3) is 0 Å². The van der Waals surface area contributed by atoms with Gasteiger partial charge < -0.3 is 15.8 Å². The highest BCUT2D eigenvalue weighted by Crippen LogP contribution is 2.26. The summed E-state index contributed by atoms with van der Waals surface area (Å²) >= 11 is 0. The van der Waals surface area contributed by atoms with Crippen LogP contribution in [-0.4, -0.2) is 19.3 Å². The van der Waals surface area contributed by atoms with Crippen LogP contribution in [0.2, 0.25) is 0 Å². The van der Waals surface area contributed by atoms with Gasteiger partial charge in [0.05, 0.1) is 5.56 Å². The lowest BCUT2D eigenvalue weighted by Gasteiger charge is -2.11. The van der Waals surface area contributed by atoms with Crippen molar-refractivity contribution in [2.45, 2.75) is 6.36 Å². The van der Waals surface area contributed by atoms with Crippen molar-refractivity contribution in [2.24, 2.45) is 5.73 Å². The minimum absolute atomic E-state index is 0.0655. The second kappa shape index (κ2) is 4.30. The number of hydrogen-bond donors (Lipinski definition) is 2. The van der Waals surface area contributed by atoms with Gasteiger partial charge in [0.25, 0.3) is 5.91 Å². The molecule has 1 aromatic rings. The molecule has 3 N–H and O–H groups in total. The molecule has 0 saturated carbocycles. The number of nitrogens with one attached hydrogen (secondary N) is 1. The fourth-order valence-electron chi connectivity index (χ4n) is 1.14. The smallest absolute Gasteiger partial charge is 0.406 e. The Morgan fingerprint density at radius 3 is 2.50 bits per heavy atom. The van der Waals surface area contributed by atoms with Crippen LogP contribution in [0, 0.1) is 0 Å². The van der Waals surface area contributed by atoms with Gasteiger partial charge in [-0.2, -0.15) is 0 Å². The van der Waals surface area contributed by atoms with Gasteiger partial charge in [-0.25, -0.2) is 0 Å². The SMILES string of the molecule is CNc1ccc(OC(F)(F)F)cc1C(N)=O. The molecular formula is C9H9F3N2O2. The second-order valence-corrected chi connectivity index (χ2v) is 2.87. The molecular weight excluding hydrogens is 225 g/mol. The van der Waals surface area contributed by atoms with Crippen molar-refractivity contribution >= 4 is 11.6 Å². The van der Waals surface area contributed by atoms with Crippen molar-refractivity contribution in [3.05, 3.63) is 23.8 Å². The summed E-state index contributed by atoms with van der Waals surface area (Å²) in [6.07, 6.45) is -4.80. The van der Waals surface area contributed by atoms with Crippen molar-refractivity contribution in [3.8, 4) is 5.75 Å². The number of alkyl halides is 3. The van der Waals surface area contributed by atoms with E-state index in [2.05, 4.69) is 10.1 Å². The molecule has 0 bridgehead atoms. The molecule has 1 amide bonds. The van der Waals surface area contributed by atoms with Gasteiger partial charge in [-0.3, -0.25) is 4.79 Å². The van der Waals surface area contributed by atoms with E-state index in [0.717, 1.165) is 12.1 Å². The van der Waals surface area contributed by atoms with E-state index in [1.54, 1.807) is 0 Å². The number of nitrogens with two attached hydrogens (primary N) is 1. The Hall–Kier alpha value is -1.92. The lowest BCUT2D eigenvalue weighted by Crippen LogP contribution is -2.18. The van der Waals surface area contributed by atoms with Gasteiger partial charge >= 0.3 is 6.36 Å². The Bertz CT molecular complexity index is 404. The maximum Gasteiger partial charge on any atom is 0.573 e. The van der Waals surface area contributed by atoms with E-state index in [-0.39, 0.29) is 5.56 Å². The first-order valence-corrected chi connectivity index (χ1v) is 4.21. The van der Waals surface area contributed by atoms with Crippen LogP contribution in [0.4, 0.5) is 18.9 Å². The normalized spacial score (nSPS) is 11.0. The van der Waals surface area contributed by atoms with E-state index in [1.807, 2.05) is 0 Å². The molecule has 88 valence electrons. The van der Waals surface area contributed by atoms with E-state index in [1.165, 1.54) is 13.1 Å². The molecule has 0 fully saturated rings. The largest absolute Gasteiger partial charge is 0.573 e. The molecule has 0 aromatic heterocycles. The van der Waals surface area contributed by atoms with E-state index >= 15 is 0 Å². The molecule has 4 nitrogen and oxygen atoms in total. The summed E-state index contributed by atoms with van der Waals surface area (Å²) in [5.41, 5.74) is 5.28. The third-order valence-electron chi connectivity index (χ3n) is 1.76. The average Bonchev–Trinajstić information content (AvgIpc) is 2.15. The van der Waals surface area contributed by atoms with Gasteiger partial charge in [0.1, 0.15) is 5.75 Å². The Balaban J connectivity index is 3.07. The number of primary amides is 1. The first-order valence-electron chi connectivity index (χ1n) is 4.21. The topological polar surface area (TPSA) is 64.3 Å². The van der Waals surface area contributed by atoms with Crippen LogP contribution in [0.5, 0.6) is 5.75 Å². The molecule has 0 saturated heterocycles. The molecule has 7 heteroatoms. The Morgan fingerprint density at radius 1 is 1.44 bits per heavy atom. The number of hydrogen-bond acceptors (Lipinski definition) is 3. The number of anilines is 1. The minimum Gasteiger partial charge on any atom is -0.406 e. The summed E-state index contributed by atoms with van der Waals surface area (Å²) in [4.78, 5) is 10.9. The molecule has 0 aliphatic rings. The van der Waals surface area contributed by atoms with Crippen molar-refractivity contribution in [1.82, 2.24) is 0 Å². The fraction of sp³-hybridized carbons (Fsp3) is 0.222. The van der Waals surface area contributed by atoms with Crippen LogP contribution >= 0.6 is 0 Å². The minimum atomic E-state index is -4.80. The van der Waals surface area contributed by atoms with Crippen LogP contribution in [-0.2, 0) is 0 Å². The second-order valence-electron chi connectivity index (χ2n) is 2.87. The zero-order valence-corrected chi connectivity index (χ0v) is 8.26. The molecule has 16 heavy (non-hydrogen) atoms. The van der Waals surface area contributed by atoms with Crippen LogP contribution in [0.3, 0.4) is 0 Å². The Morgan fingerprint density at radius 2 is 2.06 bits per heavy atom. The third-order valence-corrected chi connectivity index (χ3v) is 1.76. The van der Waals surface area contributed by atoms with E-state index in [4.69, 9.17) is 5.73 Å². The van der Waals surface area contributed by atoms with Crippen molar-refractivity contribution < 1.29 is 22.7 Å². The molecule has 0 aliphatic carbocycles. The zero-order valence-electron chi connectivity index (χ0n) is 8.26. The molecule has 0 aliphatic heterocycles. The van der Waals surface area contributed by atoms with Gasteiger partial charge in [0.2, 0.25) is 0 Å². The standard InChI is InChI=1S/C9H9F3N2O2/c1-14-7-3-2-5(16-9(10,11)12)4-6(7)8(13)15/h2-4,14H,1H3,(H2,13,15). The number of halogens is 3.